The predicted molar refractivity (Wildman–Crippen MR) is 128 cm³/mol. The second-order valence-electron chi connectivity index (χ2n) is 8.68. The number of benzene rings is 2. The molecule has 0 spiro atoms. The lowest BCUT2D eigenvalue weighted by Crippen LogP contribution is -2.45. The topological polar surface area (TPSA) is 67.2 Å². The van der Waals surface area contributed by atoms with Crippen molar-refractivity contribution < 1.29 is 4.79 Å². The number of urea groups is 1. The zero-order valence-electron chi connectivity index (χ0n) is 19.2. The molecule has 2 aromatic carbocycles. The van der Waals surface area contributed by atoms with E-state index in [9.17, 15) is 9.59 Å². The van der Waals surface area contributed by atoms with Crippen LogP contribution in [0.2, 0.25) is 0 Å². The molecule has 1 N–H and O–H groups in total. The number of carbonyl (C=O) groups is 1. The summed E-state index contributed by atoms with van der Waals surface area (Å²) in [4.78, 5) is 33.2. The summed E-state index contributed by atoms with van der Waals surface area (Å²) >= 11 is 0. The lowest BCUT2D eigenvalue weighted by Gasteiger charge is -2.30. The van der Waals surface area contributed by atoms with E-state index in [1.807, 2.05) is 55.5 Å². The Morgan fingerprint density at radius 2 is 1.81 bits per heavy atom. The largest absolute Gasteiger partial charge is 0.335 e. The minimum Gasteiger partial charge on any atom is -0.335 e. The molecule has 4 rings (SSSR count). The fourth-order valence-corrected chi connectivity index (χ4v) is 4.56. The zero-order chi connectivity index (χ0) is 22.7. The van der Waals surface area contributed by atoms with Gasteiger partial charge < -0.3 is 10.2 Å². The lowest BCUT2D eigenvalue weighted by molar-refractivity contribution is 0.184. The molecule has 32 heavy (non-hydrogen) atoms. The standard InChI is InChI=1S/C26H32N4O2/c1-4-19-12-8-11-17-23(19)30-24(28-22-16-10-9-15-21(22)25(30)31)18(2)29(3)26(32)27-20-13-6-5-7-14-20/h8-12,15-18,20H,4-7,13-14H2,1-3H3,(H,27,32). The third-order valence-electron chi connectivity index (χ3n) is 6.62. The van der Waals surface area contributed by atoms with E-state index < -0.39 is 0 Å². The number of fused-ring (bicyclic) bond motifs is 1. The number of amides is 2. The van der Waals surface area contributed by atoms with E-state index in [0.29, 0.717) is 16.7 Å². The Kier molecular flexibility index (Phi) is 6.58. The first-order valence-electron chi connectivity index (χ1n) is 11.6. The minimum absolute atomic E-state index is 0.112. The minimum atomic E-state index is -0.388. The number of aromatic nitrogens is 2. The molecule has 1 heterocycles. The van der Waals surface area contributed by atoms with Crippen molar-refractivity contribution >= 4 is 16.9 Å². The molecule has 6 heteroatoms. The van der Waals surface area contributed by atoms with Crippen LogP contribution in [0.25, 0.3) is 16.6 Å². The van der Waals surface area contributed by atoms with Gasteiger partial charge in [0.25, 0.3) is 5.56 Å². The monoisotopic (exact) mass is 432 g/mol. The average molecular weight is 433 g/mol. The first-order chi connectivity index (χ1) is 15.5. The molecule has 0 saturated heterocycles. The number of rotatable bonds is 5. The number of aryl methyl sites for hydroxylation is 1. The fourth-order valence-electron chi connectivity index (χ4n) is 4.56. The molecule has 1 unspecified atom stereocenters. The number of hydrogen-bond acceptors (Lipinski definition) is 3. The smallest absolute Gasteiger partial charge is 0.317 e. The van der Waals surface area contributed by atoms with Crippen molar-refractivity contribution in [2.75, 3.05) is 7.05 Å². The van der Waals surface area contributed by atoms with Crippen molar-refractivity contribution in [1.29, 1.82) is 0 Å². The van der Waals surface area contributed by atoms with Gasteiger partial charge in [-0.15, -0.1) is 0 Å². The molecule has 1 aromatic heterocycles. The van der Waals surface area contributed by atoms with Gasteiger partial charge in [0.1, 0.15) is 5.82 Å². The van der Waals surface area contributed by atoms with Gasteiger partial charge >= 0.3 is 6.03 Å². The molecule has 168 valence electrons. The van der Waals surface area contributed by atoms with Crippen LogP contribution in [-0.2, 0) is 6.42 Å². The number of nitrogens with one attached hydrogen (secondary N) is 1. The summed E-state index contributed by atoms with van der Waals surface area (Å²) in [7, 11) is 1.78. The van der Waals surface area contributed by atoms with Crippen LogP contribution in [0.15, 0.2) is 53.3 Å². The van der Waals surface area contributed by atoms with Crippen molar-refractivity contribution in [3.8, 4) is 5.69 Å². The molecular weight excluding hydrogens is 400 g/mol. The van der Waals surface area contributed by atoms with Gasteiger partial charge in [0, 0.05) is 13.1 Å². The van der Waals surface area contributed by atoms with Crippen LogP contribution in [0.3, 0.4) is 0 Å². The summed E-state index contributed by atoms with van der Waals surface area (Å²) in [6, 6.07) is 15.0. The van der Waals surface area contributed by atoms with E-state index in [-0.39, 0.29) is 23.7 Å². The molecular formula is C26H32N4O2. The number of nitrogens with zero attached hydrogens (tertiary/aromatic N) is 3. The first-order valence-corrected chi connectivity index (χ1v) is 11.6. The Balaban J connectivity index is 1.78. The molecule has 1 aliphatic carbocycles. The Morgan fingerprint density at radius 1 is 1.12 bits per heavy atom. The van der Waals surface area contributed by atoms with Gasteiger partial charge in [0.05, 0.1) is 22.6 Å². The van der Waals surface area contributed by atoms with Crippen molar-refractivity contribution in [3.05, 3.63) is 70.3 Å². The van der Waals surface area contributed by atoms with Crippen molar-refractivity contribution in [3.63, 3.8) is 0 Å². The van der Waals surface area contributed by atoms with Gasteiger partial charge in [-0.2, -0.15) is 0 Å². The Bertz CT molecular complexity index is 1160. The third kappa shape index (κ3) is 4.27. The third-order valence-corrected chi connectivity index (χ3v) is 6.62. The molecule has 0 aliphatic heterocycles. The van der Waals surface area contributed by atoms with Crippen LogP contribution in [0.4, 0.5) is 4.79 Å². The Morgan fingerprint density at radius 3 is 2.56 bits per heavy atom. The number of para-hydroxylation sites is 2. The average Bonchev–Trinajstić information content (AvgIpc) is 2.83. The highest BCUT2D eigenvalue weighted by molar-refractivity contribution is 5.78. The molecule has 1 saturated carbocycles. The van der Waals surface area contributed by atoms with Crippen LogP contribution < -0.4 is 10.9 Å². The Labute approximate surface area is 189 Å². The zero-order valence-corrected chi connectivity index (χ0v) is 19.2. The summed E-state index contributed by atoms with van der Waals surface area (Å²) in [6.45, 7) is 4.01. The maximum absolute atomic E-state index is 13.6. The van der Waals surface area contributed by atoms with Crippen LogP contribution in [0.5, 0.6) is 0 Å². The van der Waals surface area contributed by atoms with E-state index in [0.717, 1.165) is 43.4 Å². The van der Waals surface area contributed by atoms with E-state index in [4.69, 9.17) is 4.98 Å². The van der Waals surface area contributed by atoms with Crippen molar-refractivity contribution in [1.82, 2.24) is 19.8 Å². The Hall–Kier alpha value is -3.15. The van der Waals surface area contributed by atoms with Crippen LogP contribution in [-0.4, -0.2) is 33.6 Å². The maximum Gasteiger partial charge on any atom is 0.317 e. The quantitative estimate of drug-likeness (QED) is 0.618. The van der Waals surface area contributed by atoms with Gasteiger partial charge in [0.2, 0.25) is 0 Å². The molecule has 1 atom stereocenters. The molecule has 3 aromatic rings. The molecule has 1 fully saturated rings. The highest BCUT2D eigenvalue weighted by atomic mass is 16.2. The first kappa shape index (κ1) is 22.1. The molecule has 6 nitrogen and oxygen atoms in total. The van der Waals surface area contributed by atoms with Gasteiger partial charge in [-0.05, 0) is 49.9 Å². The SMILES string of the molecule is CCc1ccccc1-n1c(C(C)N(C)C(=O)NC2CCCCC2)nc2ccccc2c1=O. The summed E-state index contributed by atoms with van der Waals surface area (Å²) in [5.41, 5.74) is 2.42. The van der Waals surface area contributed by atoms with E-state index in [2.05, 4.69) is 12.2 Å². The maximum atomic E-state index is 13.6. The van der Waals surface area contributed by atoms with E-state index >= 15 is 0 Å². The van der Waals surface area contributed by atoms with Crippen molar-refractivity contribution in [2.24, 2.45) is 0 Å². The predicted octanol–water partition coefficient (Wildman–Crippen LogP) is 4.98. The second-order valence-corrected chi connectivity index (χ2v) is 8.68. The lowest BCUT2D eigenvalue weighted by atomic mass is 9.96. The molecule has 2 amide bonds. The van der Waals surface area contributed by atoms with Gasteiger partial charge in [-0.25, -0.2) is 9.78 Å². The fraction of sp³-hybridized carbons (Fsp3) is 0.423. The molecule has 0 bridgehead atoms. The highest BCUT2D eigenvalue weighted by Gasteiger charge is 2.26. The van der Waals surface area contributed by atoms with Gasteiger partial charge in [0.15, 0.2) is 0 Å². The summed E-state index contributed by atoms with van der Waals surface area (Å²) in [5, 5.41) is 3.75. The van der Waals surface area contributed by atoms with Crippen LogP contribution >= 0.6 is 0 Å². The number of carbonyl (C=O) groups excluding carboxylic acids is 1. The van der Waals surface area contributed by atoms with Crippen LogP contribution in [0.1, 0.15) is 63.4 Å². The highest BCUT2D eigenvalue weighted by Crippen LogP contribution is 2.24. The second kappa shape index (κ2) is 9.55. The normalized spacial score (nSPS) is 15.5. The van der Waals surface area contributed by atoms with Crippen molar-refractivity contribution in [2.45, 2.75) is 64.5 Å². The van der Waals surface area contributed by atoms with Gasteiger partial charge in [-0.1, -0.05) is 56.5 Å². The summed E-state index contributed by atoms with van der Waals surface area (Å²) < 4.78 is 1.69. The molecule has 0 radical (unpaired) electrons. The number of hydrogen-bond donors (Lipinski definition) is 1. The van der Waals surface area contributed by atoms with Gasteiger partial charge in [-0.3, -0.25) is 9.36 Å². The van der Waals surface area contributed by atoms with E-state index in [1.54, 1.807) is 16.5 Å². The van der Waals surface area contributed by atoms with E-state index in [1.165, 1.54) is 6.42 Å². The summed E-state index contributed by atoms with van der Waals surface area (Å²) in [6.07, 6.45) is 6.39. The molecule has 1 aliphatic rings. The van der Waals surface area contributed by atoms with Crippen LogP contribution in [0, 0.1) is 0 Å². The summed E-state index contributed by atoms with van der Waals surface area (Å²) in [5.74, 6) is 0.566.